The van der Waals surface area contributed by atoms with Gasteiger partial charge in [0.05, 0.1) is 26.4 Å². The summed E-state index contributed by atoms with van der Waals surface area (Å²) in [5.41, 5.74) is 0.294. The number of amides is 4. The molecule has 2 aliphatic heterocycles. The van der Waals surface area contributed by atoms with Gasteiger partial charge in [-0.05, 0) is 62.5 Å². The lowest BCUT2D eigenvalue weighted by Gasteiger charge is -2.36. The highest BCUT2D eigenvalue weighted by Gasteiger charge is 2.29. The molecule has 0 unspecified atom stereocenters. The number of rotatable bonds is 4. The van der Waals surface area contributed by atoms with Crippen LogP contribution >= 0.6 is 0 Å². The minimum absolute atomic E-state index is 0.00381. The molecular weight excluding hydrogens is 509 g/mol. The Morgan fingerprint density at radius 3 is 2.54 bits per heavy atom. The third kappa shape index (κ3) is 10.9. The maximum Gasteiger partial charge on any atom is 0.251 e. The highest BCUT2D eigenvalue weighted by atomic mass is 19.1. The SMILES string of the molecule is CN1CC[C@H]2CC(=O)NCCOCCOCC(=O)N(CCNC(=O)c3ccc(F)cc3)CC(=O)NCC[C@H]2C1. The van der Waals surface area contributed by atoms with Gasteiger partial charge in [-0.15, -0.1) is 0 Å². The molecule has 3 N–H and O–H groups in total. The summed E-state index contributed by atoms with van der Waals surface area (Å²) in [7, 11) is 2.06. The van der Waals surface area contributed by atoms with Gasteiger partial charge in [0.1, 0.15) is 12.4 Å². The third-order valence-corrected chi connectivity index (χ3v) is 7.01. The molecule has 0 radical (unpaired) electrons. The number of benzene rings is 1. The first-order valence-electron chi connectivity index (χ1n) is 13.5. The molecule has 4 amide bonds. The second kappa shape index (κ2) is 16.1. The summed E-state index contributed by atoms with van der Waals surface area (Å²) >= 11 is 0. The largest absolute Gasteiger partial charge is 0.377 e. The van der Waals surface area contributed by atoms with Crippen LogP contribution in [0.15, 0.2) is 24.3 Å². The molecule has 1 aromatic rings. The van der Waals surface area contributed by atoms with Crippen molar-refractivity contribution in [2.24, 2.45) is 11.8 Å². The summed E-state index contributed by atoms with van der Waals surface area (Å²) < 4.78 is 24.0. The zero-order valence-corrected chi connectivity index (χ0v) is 22.6. The number of halogens is 1. The Labute approximate surface area is 228 Å². The molecule has 2 aliphatic rings. The molecule has 1 aromatic carbocycles. The summed E-state index contributed by atoms with van der Waals surface area (Å²) in [5, 5.41) is 8.50. The number of ether oxygens (including phenoxy) is 2. The molecule has 11 nitrogen and oxygen atoms in total. The van der Waals surface area contributed by atoms with Gasteiger partial charge in [-0.1, -0.05) is 0 Å². The number of nitrogens with zero attached hydrogens (tertiary/aromatic N) is 2. The highest BCUT2D eigenvalue weighted by molar-refractivity contribution is 5.94. The number of fused-ring (bicyclic) bond motifs is 1. The zero-order chi connectivity index (χ0) is 28.0. The van der Waals surface area contributed by atoms with E-state index in [0.29, 0.717) is 31.7 Å². The molecule has 2 atom stereocenters. The molecule has 0 saturated carbocycles. The van der Waals surface area contributed by atoms with E-state index in [0.717, 1.165) is 25.9 Å². The number of likely N-dealkylation sites (tertiary alicyclic amines) is 1. The van der Waals surface area contributed by atoms with Crippen molar-refractivity contribution in [3.8, 4) is 0 Å². The quantitative estimate of drug-likeness (QED) is 0.483. The monoisotopic (exact) mass is 549 g/mol. The van der Waals surface area contributed by atoms with Gasteiger partial charge < -0.3 is 35.2 Å². The van der Waals surface area contributed by atoms with Crippen molar-refractivity contribution in [1.29, 1.82) is 0 Å². The fourth-order valence-electron chi connectivity index (χ4n) is 4.83. The lowest BCUT2D eigenvalue weighted by atomic mass is 9.81. The highest BCUT2D eigenvalue weighted by Crippen LogP contribution is 2.28. The maximum absolute atomic E-state index is 13.1. The Morgan fingerprint density at radius 2 is 1.74 bits per heavy atom. The first kappa shape index (κ1) is 30.5. The molecule has 39 heavy (non-hydrogen) atoms. The Balaban J connectivity index is 1.57. The average Bonchev–Trinajstić information content (AvgIpc) is 2.90. The number of hydrogen-bond acceptors (Lipinski definition) is 7. The fraction of sp³-hybridized carbons (Fsp3) is 0.630. The topological polar surface area (TPSA) is 129 Å². The van der Waals surface area contributed by atoms with Crippen LogP contribution in [0, 0.1) is 17.7 Å². The number of hydrogen-bond donors (Lipinski definition) is 3. The van der Waals surface area contributed by atoms with Crippen LogP contribution in [0.5, 0.6) is 0 Å². The first-order chi connectivity index (χ1) is 18.8. The van der Waals surface area contributed by atoms with Gasteiger partial charge in [0.25, 0.3) is 5.91 Å². The lowest BCUT2D eigenvalue weighted by molar-refractivity contribution is -0.140. The second-order valence-corrected chi connectivity index (χ2v) is 10.0. The van der Waals surface area contributed by atoms with Gasteiger partial charge in [-0.3, -0.25) is 19.2 Å². The van der Waals surface area contributed by atoms with E-state index in [1.54, 1.807) is 0 Å². The molecule has 0 bridgehead atoms. The summed E-state index contributed by atoms with van der Waals surface area (Å²) in [4.78, 5) is 53.9. The Hall–Kier alpha value is -3.09. The third-order valence-electron chi connectivity index (χ3n) is 7.01. The smallest absolute Gasteiger partial charge is 0.251 e. The van der Waals surface area contributed by atoms with Crippen molar-refractivity contribution in [2.75, 3.05) is 79.3 Å². The molecule has 3 rings (SSSR count). The van der Waals surface area contributed by atoms with Crippen LogP contribution < -0.4 is 16.0 Å². The summed E-state index contributed by atoms with van der Waals surface area (Å²) in [5.74, 6) is -1.04. The van der Waals surface area contributed by atoms with Crippen LogP contribution in [0.4, 0.5) is 4.39 Å². The Bertz CT molecular complexity index is 962. The van der Waals surface area contributed by atoms with Crippen molar-refractivity contribution >= 4 is 23.6 Å². The van der Waals surface area contributed by atoms with E-state index in [1.165, 1.54) is 29.2 Å². The average molecular weight is 550 g/mol. The van der Waals surface area contributed by atoms with E-state index in [2.05, 4.69) is 27.9 Å². The van der Waals surface area contributed by atoms with Crippen LogP contribution in [0.3, 0.4) is 0 Å². The van der Waals surface area contributed by atoms with Crippen molar-refractivity contribution in [3.05, 3.63) is 35.6 Å². The number of nitrogens with one attached hydrogen (secondary N) is 3. The van der Waals surface area contributed by atoms with E-state index in [4.69, 9.17) is 9.47 Å². The molecule has 2 saturated heterocycles. The minimum atomic E-state index is -0.441. The number of carbonyl (C=O) groups excluding carboxylic acids is 4. The van der Waals surface area contributed by atoms with Crippen molar-refractivity contribution < 1.29 is 33.0 Å². The van der Waals surface area contributed by atoms with Crippen LogP contribution in [0.1, 0.15) is 29.6 Å². The second-order valence-electron chi connectivity index (χ2n) is 10.0. The van der Waals surface area contributed by atoms with E-state index in [9.17, 15) is 23.6 Å². The van der Waals surface area contributed by atoms with Crippen molar-refractivity contribution in [2.45, 2.75) is 19.3 Å². The van der Waals surface area contributed by atoms with Crippen LogP contribution in [0.2, 0.25) is 0 Å². The maximum atomic E-state index is 13.1. The van der Waals surface area contributed by atoms with Gasteiger partial charge >= 0.3 is 0 Å². The van der Waals surface area contributed by atoms with Crippen LogP contribution in [-0.4, -0.2) is 113 Å². The van der Waals surface area contributed by atoms with E-state index in [1.807, 2.05) is 0 Å². The minimum Gasteiger partial charge on any atom is -0.377 e. The fourth-order valence-corrected chi connectivity index (χ4v) is 4.83. The molecule has 0 aromatic heterocycles. The lowest BCUT2D eigenvalue weighted by Crippen LogP contribution is -2.46. The van der Waals surface area contributed by atoms with Crippen molar-refractivity contribution in [3.63, 3.8) is 0 Å². The van der Waals surface area contributed by atoms with Gasteiger partial charge in [0.2, 0.25) is 17.7 Å². The van der Waals surface area contributed by atoms with Crippen LogP contribution in [0.25, 0.3) is 0 Å². The standard InChI is InChI=1S/C27H40FN5O6/c1-32-11-7-21-16-24(34)30-10-13-38-14-15-39-19-26(36)33(18-25(35)29-8-6-22(21)17-32)12-9-31-27(37)20-2-4-23(28)5-3-20/h2-5,21-22H,6-19H2,1H3,(H,29,35)(H,30,34)(H,31,37)/t21-,22-/m0/s1. The molecule has 12 heteroatoms. The van der Waals surface area contributed by atoms with Crippen LogP contribution in [-0.2, 0) is 23.9 Å². The summed E-state index contributed by atoms with van der Waals surface area (Å²) in [6.07, 6.45) is 2.09. The molecule has 2 heterocycles. The van der Waals surface area contributed by atoms with Gasteiger partial charge in [0, 0.05) is 44.7 Å². The van der Waals surface area contributed by atoms with Crippen molar-refractivity contribution in [1.82, 2.24) is 25.8 Å². The van der Waals surface area contributed by atoms with Gasteiger partial charge in [0.15, 0.2) is 0 Å². The van der Waals surface area contributed by atoms with E-state index in [-0.39, 0.29) is 69.0 Å². The summed E-state index contributed by atoms with van der Waals surface area (Å²) in [6, 6.07) is 5.14. The van der Waals surface area contributed by atoms with Gasteiger partial charge in [-0.25, -0.2) is 4.39 Å². The van der Waals surface area contributed by atoms with E-state index >= 15 is 0 Å². The number of piperidine rings is 1. The molecular formula is C27H40FN5O6. The Morgan fingerprint density at radius 1 is 1.00 bits per heavy atom. The molecule has 0 spiro atoms. The molecule has 216 valence electrons. The normalized spacial score (nSPS) is 23.4. The Kier molecular flexibility index (Phi) is 12.6. The predicted molar refractivity (Wildman–Crippen MR) is 141 cm³/mol. The van der Waals surface area contributed by atoms with Gasteiger partial charge in [-0.2, -0.15) is 0 Å². The van der Waals surface area contributed by atoms with E-state index < -0.39 is 11.7 Å². The zero-order valence-electron chi connectivity index (χ0n) is 22.6. The molecule has 0 aliphatic carbocycles. The number of carbonyl (C=O) groups is 4. The molecule has 2 fully saturated rings. The summed E-state index contributed by atoms with van der Waals surface area (Å²) in [6.45, 7) is 3.19. The first-order valence-corrected chi connectivity index (χ1v) is 13.5. The predicted octanol–water partition coefficient (Wildman–Crippen LogP) is 0.0114.